The van der Waals surface area contributed by atoms with Crippen LogP contribution in [0.25, 0.3) is 21.2 Å². The van der Waals surface area contributed by atoms with Gasteiger partial charge in [-0.25, -0.2) is 0 Å². The molecule has 1 atom stereocenters. The molecule has 4 rings (SSSR count). The Hall–Kier alpha value is -3.15. The predicted molar refractivity (Wildman–Crippen MR) is 125 cm³/mol. The molecular formula is C26H24O4S. The summed E-state index contributed by atoms with van der Waals surface area (Å²) in [7, 11) is -1.58. The maximum absolute atomic E-state index is 13.5. The fraction of sp³-hybridized carbons (Fsp3) is 0.192. The number of carbonyl (C=O) groups is 1. The third-order valence-electron chi connectivity index (χ3n) is 4.90. The van der Waals surface area contributed by atoms with Gasteiger partial charge in [0.15, 0.2) is 4.70 Å². The van der Waals surface area contributed by atoms with Gasteiger partial charge in [-0.15, -0.1) is 0 Å². The van der Waals surface area contributed by atoms with E-state index in [0.717, 1.165) is 10.9 Å². The van der Waals surface area contributed by atoms with Crippen molar-refractivity contribution in [2.75, 3.05) is 6.61 Å². The Morgan fingerprint density at radius 1 is 0.968 bits per heavy atom. The first-order valence-electron chi connectivity index (χ1n) is 10.3. The molecule has 0 spiro atoms. The summed E-state index contributed by atoms with van der Waals surface area (Å²) in [6.07, 6.45) is 0.0466. The van der Waals surface area contributed by atoms with Crippen LogP contribution in [-0.4, -0.2) is 23.0 Å². The van der Waals surface area contributed by atoms with Crippen LogP contribution in [0.4, 0.5) is 0 Å². The highest BCUT2D eigenvalue weighted by atomic mass is 32.2. The lowest BCUT2D eigenvalue weighted by Gasteiger charge is -2.09. The number of ether oxygens (including phenoxy) is 2. The van der Waals surface area contributed by atoms with Crippen LogP contribution in [0.1, 0.15) is 36.0 Å². The van der Waals surface area contributed by atoms with Gasteiger partial charge in [-0.3, -0.25) is 4.79 Å². The van der Waals surface area contributed by atoms with Crippen LogP contribution in [0.2, 0.25) is 0 Å². The van der Waals surface area contributed by atoms with Gasteiger partial charge in [0.25, 0.3) is 0 Å². The fourth-order valence-electron chi connectivity index (χ4n) is 3.62. The van der Waals surface area contributed by atoms with Gasteiger partial charge >= 0.3 is 0 Å². The number of carbonyl (C=O) groups excluding carboxylic acids is 1. The third kappa shape index (κ3) is 4.20. The van der Waals surface area contributed by atoms with Crippen LogP contribution in [0, 0.1) is 0 Å². The van der Waals surface area contributed by atoms with Gasteiger partial charge in [0.05, 0.1) is 23.7 Å². The summed E-state index contributed by atoms with van der Waals surface area (Å²) < 4.78 is 25.4. The molecule has 0 radical (unpaired) electrons. The molecular weight excluding hydrogens is 408 g/mol. The highest BCUT2D eigenvalue weighted by Crippen LogP contribution is 2.46. The zero-order valence-electron chi connectivity index (χ0n) is 17.8. The first-order valence-corrected chi connectivity index (χ1v) is 11.4. The first-order chi connectivity index (χ1) is 15.0. The van der Waals surface area contributed by atoms with E-state index in [1.54, 1.807) is 36.4 Å². The molecule has 0 amide bonds. The van der Waals surface area contributed by atoms with Gasteiger partial charge in [-0.1, -0.05) is 30.3 Å². The van der Waals surface area contributed by atoms with Crippen LogP contribution in [0.5, 0.6) is 11.5 Å². The van der Waals surface area contributed by atoms with E-state index in [4.69, 9.17) is 9.47 Å². The molecule has 158 valence electrons. The number of fused-ring (bicyclic) bond motifs is 1. The van der Waals surface area contributed by atoms with Gasteiger partial charge in [-0.2, -0.15) is 0 Å². The second-order valence-corrected chi connectivity index (χ2v) is 8.84. The standard InChI is InChI=1S/C26H24O4S/c1-4-29-21-14-15-23-22(16-21)24(18-8-6-5-7-9-18)26(31(23)28)25(27)19-10-12-20(13-11-19)30-17(2)3/h5-17H,4H2,1-3H3. The average Bonchev–Trinajstić information content (AvgIpc) is 3.06. The quantitative estimate of drug-likeness (QED) is 0.242. The molecule has 0 aliphatic rings. The normalized spacial score (nSPS) is 11.7. The number of hydrogen-bond donors (Lipinski definition) is 0. The molecule has 0 fully saturated rings. The SMILES string of the molecule is CCOc1ccc2c(c1)c(-c1ccccc1)c(C(=O)c1ccc(OC(C)C)cc1)[s+]2[O-]. The molecule has 3 aromatic carbocycles. The maximum atomic E-state index is 13.5. The lowest BCUT2D eigenvalue weighted by molar-refractivity contribution is 0.104. The number of thiophene rings is 1. The average molecular weight is 433 g/mol. The monoisotopic (exact) mass is 432 g/mol. The Morgan fingerprint density at radius 3 is 2.29 bits per heavy atom. The minimum Gasteiger partial charge on any atom is -0.590 e. The van der Waals surface area contributed by atoms with Crippen molar-refractivity contribution in [3.8, 4) is 22.6 Å². The van der Waals surface area contributed by atoms with Crippen molar-refractivity contribution in [1.82, 2.24) is 0 Å². The Morgan fingerprint density at radius 2 is 1.65 bits per heavy atom. The second kappa shape index (κ2) is 8.92. The zero-order chi connectivity index (χ0) is 22.0. The van der Waals surface area contributed by atoms with E-state index in [-0.39, 0.29) is 11.9 Å². The molecule has 5 heteroatoms. The number of benzene rings is 3. The van der Waals surface area contributed by atoms with E-state index < -0.39 is 10.8 Å². The summed E-state index contributed by atoms with van der Waals surface area (Å²) in [4.78, 5) is 13.8. The highest BCUT2D eigenvalue weighted by Gasteiger charge is 2.30. The number of ketones is 1. The van der Waals surface area contributed by atoms with E-state index in [2.05, 4.69) is 0 Å². The van der Waals surface area contributed by atoms with Crippen molar-refractivity contribution < 1.29 is 18.8 Å². The lowest BCUT2D eigenvalue weighted by atomic mass is 9.98. The summed E-state index contributed by atoms with van der Waals surface area (Å²) in [5.74, 6) is 1.14. The van der Waals surface area contributed by atoms with Crippen LogP contribution in [0.3, 0.4) is 0 Å². The van der Waals surface area contributed by atoms with Crippen LogP contribution < -0.4 is 9.47 Å². The molecule has 4 nitrogen and oxygen atoms in total. The minimum atomic E-state index is -1.58. The molecule has 0 aliphatic carbocycles. The van der Waals surface area contributed by atoms with Crippen LogP contribution in [-0.2, 0) is 0 Å². The minimum absolute atomic E-state index is 0.0466. The molecule has 0 saturated carbocycles. The summed E-state index contributed by atoms with van der Waals surface area (Å²) in [6, 6.07) is 22.1. The Labute approximate surface area is 184 Å². The van der Waals surface area contributed by atoms with Crippen LogP contribution in [0.15, 0.2) is 72.8 Å². The van der Waals surface area contributed by atoms with Crippen molar-refractivity contribution in [3.63, 3.8) is 0 Å². The topological polar surface area (TPSA) is 58.6 Å². The molecule has 1 unspecified atom stereocenters. The largest absolute Gasteiger partial charge is 0.590 e. The number of rotatable bonds is 7. The van der Waals surface area contributed by atoms with E-state index in [1.807, 2.05) is 57.2 Å². The van der Waals surface area contributed by atoms with E-state index in [9.17, 15) is 9.35 Å². The zero-order valence-corrected chi connectivity index (χ0v) is 18.6. The lowest BCUT2D eigenvalue weighted by Crippen LogP contribution is -2.06. The van der Waals surface area contributed by atoms with Gasteiger partial charge in [-0.05, 0) is 73.5 Å². The summed E-state index contributed by atoms with van der Waals surface area (Å²) in [5, 5.41) is 0.776. The smallest absolute Gasteiger partial charge is 0.245 e. The third-order valence-corrected chi connectivity index (χ3v) is 6.42. The van der Waals surface area contributed by atoms with Crippen molar-refractivity contribution in [3.05, 3.63) is 83.2 Å². The molecule has 0 N–H and O–H groups in total. The molecule has 0 aliphatic heterocycles. The van der Waals surface area contributed by atoms with E-state index >= 15 is 0 Å². The van der Waals surface area contributed by atoms with E-state index in [0.29, 0.717) is 38.8 Å². The van der Waals surface area contributed by atoms with Crippen molar-refractivity contribution in [1.29, 1.82) is 0 Å². The fourth-order valence-corrected chi connectivity index (χ4v) is 5.10. The first kappa shape index (κ1) is 21.1. The van der Waals surface area contributed by atoms with Crippen LogP contribution >= 0.6 is 10.8 Å². The Kier molecular flexibility index (Phi) is 6.07. The maximum Gasteiger partial charge on any atom is 0.245 e. The van der Waals surface area contributed by atoms with E-state index in [1.165, 1.54) is 0 Å². The Balaban J connectivity index is 1.88. The van der Waals surface area contributed by atoms with Gasteiger partial charge < -0.3 is 14.0 Å². The molecule has 0 saturated heterocycles. The Bertz CT molecular complexity index is 1210. The molecule has 31 heavy (non-hydrogen) atoms. The van der Waals surface area contributed by atoms with Crippen molar-refractivity contribution >= 4 is 26.6 Å². The van der Waals surface area contributed by atoms with Crippen molar-refractivity contribution in [2.24, 2.45) is 0 Å². The van der Waals surface area contributed by atoms with Gasteiger partial charge in [0.2, 0.25) is 10.7 Å². The number of hydrogen-bond acceptors (Lipinski definition) is 4. The summed E-state index contributed by atoms with van der Waals surface area (Å²) in [6.45, 7) is 6.35. The summed E-state index contributed by atoms with van der Waals surface area (Å²) >= 11 is 0. The van der Waals surface area contributed by atoms with Gasteiger partial charge in [0.1, 0.15) is 11.5 Å². The van der Waals surface area contributed by atoms with Crippen molar-refractivity contribution in [2.45, 2.75) is 26.9 Å². The molecule has 1 aromatic heterocycles. The molecule has 4 aromatic rings. The highest BCUT2D eigenvalue weighted by molar-refractivity contribution is 7.33. The molecule has 1 heterocycles. The summed E-state index contributed by atoms with van der Waals surface area (Å²) in [5.41, 5.74) is 2.03. The molecule has 0 bridgehead atoms. The second-order valence-electron chi connectivity index (χ2n) is 7.45. The van der Waals surface area contributed by atoms with Gasteiger partial charge in [0, 0.05) is 11.6 Å². The predicted octanol–water partition coefficient (Wildman–Crippen LogP) is 6.65.